The molecule has 0 aromatic rings. The number of aliphatic carboxylic acids is 1. The number of esters is 3. The van der Waals surface area contributed by atoms with E-state index in [1.807, 2.05) is 0 Å². The number of carboxylic acids is 1. The fourth-order valence-corrected chi connectivity index (χ4v) is 4.51. The molecule has 1 N–H and O–H groups in total. The molecular formula is C31H48O8. The minimum atomic E-state index is -1.00. The van der Waals surface area contributed by atoms with Crippen molar-refractivity contribution in [1.82, 2.24) is 0 Å². The van der Waals surface area contributed by atoms with Crippen molar-refractivity contribution in [2.75, 3.05) is 7.11 Å². The molecule has 39 heavy (non-hydrogen) atoms. The first-order valence-corrected chi connectivity index (χ1v) is 13.0. The molecule has 8 nitrogen and oxygen atoms in total. The van der Waals surface area contributed by atoms with E-state index in [1.54, 1.807) is 34.6 Å². The molecule has 0 aliphatic heterocycles. The highest BCUT2D eigenvalue weighted by atomic mass is 16.6. The smallest absolute Gasteiger partial charge is 0.334 e. The van der Waals surface area contributed by atoms with Gasteiger partial charge in [-0.25, -0.2) is 19.2 Å². The van der Waals surface area contributed by atoms with Crippen LogP contribution in [0.25, 0.3) is 0 Å². The second kappa shape index (κ2) is 14.3. The summed E-state index contributed by atoms with van der Waals surface area (Å²) >= 11 is 0. The molecule has 3 unspecified atom stereocenters. The van der Waals surface area contributed by atoms with E-state index in [0.29, 0.717) is 22.5 Å². The molecule has 0 aromatic heterocycles. The zero-order chi connectivity index (χ0) is 30.9. The van der Waals surface area contributed by atoms with Crippen LogP contribution in [0.4, 0.5) is 0 Å². The van der Waals surface area contributed by atoms with E-state index in [1.165, 1.54) is 33.0 Å². The highest BCUT2D eigenvalue weighted by molar-refractivity contribution is 5.90. The maximum Gasteiger partial charge on any atom is 0.334 e. The molecule has 0 spiro atoms. The fraction of sp³-hybridized carbons (Fsp3) is 0.613. The molecular weight excluding hydrogens is 500 g/mol. The van der Waals surface area contributed by atoms with Crippen molar-refractivity contribution >= 4 is 23.9 Å². The van der Waals surface area contributed by atoms with Crippen LogP contribution in [0.3, 0.4) is 0 Å². The number of carbonyl (C=O) groups excluding carboxylic acids is 3. The second-order valence-corrected chi connectivity index (χ2v) is 12.1. The highest BCUT2D eigenvalue weighted by Gasteiger charge is 2.62. The van der Waals surface area contributed by atoms with Crippen LogP contribution >= 0.6 is 0 Å². The molecule has 2 saturated carbocycles. The Bertz CT molecular complexity index is 1010. The van der Waals surface area contributed by atoms with E-state index < -0.39 is 17.5 Å². The molecule has 0 aromatic carbocycles. The van der Waals surface area contributed by atoms with Gasteiger partial charge in [-0.2, -0.15) is 0 Å². The second-order valence-electron chi connectivity index (χ2n) is 12.1. The zero-order valence-electron chi connectivity index (χ0n) is 25.5. The van der Waals surface area contributed by atoms with Crippen LogP contribution in [0.1, 0.15) is 88.0 Å². The van der Waals surface area contributed by atoms with Gasteiger partial charge in [0.25, 0.3) is 0 Å². The summed E-state index contributed by atoms with van der Waals surface area (Å²) in [5.41, 5.74) is 1.26. The average molecular weight is 549 g/mol. The molecule has 2 bridgehead atoms. The normalized spacial score (nSPS) is 22.7. The molecule has 0 heterocycles. The van der Waals surface area contributed by atoms with Crippen LogP contribution in [0.2, 0.25) is 0 Å². The predicted molar refractivity (Wildman–Crippen MR) is 152 cm³/mol. The quantitative estimate of drug-likeness (QED) is 0.222. The first-order chi connectivity index (χ1) is 17.6. The van der Waals surface area contributed by atoms with Crippen molar-refractivity contribution in [2.45, 2.75) is 99.7 Å². The van der Waals surface area contributed by atoms with Crippen LogP contribution in [-0.4, -0.2) is 47.8 Å². The van der Waals surface area contributed by atoms with Crippen LogP contribution in [0.5, 0.6) is 0 Å². The number of rotatable bonds is 7. The van der Waals surface area contributed by atoms with Crippen molar-refractivity contribution in [3.05, 3.63) is 48.1 Å². The number of hydrogen-bond acceptors (Lipinski definition) is 7. The Hall–Kier alpha value is -3.16. The predicted octanol–water partition coefficient (Wildman–Crippen LogP) is 6.36. The van der Waals surface area contributed by atoms with Gasteiger partial charge in [-0.05, 0) is 78.6 Å². The summed E-state index contributed by atoms with van der Waals surface area (Å²) in [6.07, 6.45) is 5.21. The summed E-state index contributed by atoms with van der Waals surface area (Å²) in [4.78, 5) is 43.7. The van der Waals surface area contributed by atoms with Gasteiger partial charge < -0.3 is 19.3 Å². The molecule has 0 radical (unpaired) electrons. The number of allylic oxidation sites excluding steroid dienone is 1. The van der Waals surface area contributed by atoms with E-state index >= 15 is 0 Å². The lowest BCUT2D eigenvalue weighted by Crippen LogP contribution is -2.38. The monoisotopic (exact) mass is 548 g/mol. The molecule has 220 valence electrons. The van der Waals surface area contributed by atoms with E-state index in [2.05, 4.69) is 45.2 Å². The summed E-state index contributed by atoms with van der Waals surface area (Å²) in [6.45, 7) is 27.5. The van der Waals surface area contributed by atoms with Crippen LogP contribution in [0, 0.1) is 16.7 Å². The maximum atomic E-state index is 11.6. The lowest BCUT2D eigenvalue weighted by atomic mass is 9.70. The summed E-state index contributed by atoms with van der Waals surface area (Å²) in [6, 6.07) is 0. The Morgan fingerprint density at radius 1 is 0.949 bits per heavy atom. The number of ether oxygens (including phenoxy) is 3. The number of hydrogen-bond donors (Lipinski definition) is 1. The maximum absolute atomic E-state index is 11.6. The van der Waals surface area contributed by atoms with Crippen molar-refractivity contribution in [1.29, 1.82) is 0 Å². The third-order valence-electron chi connectivity index (χ3n) is 7.53. The molecule has 8 heteroatoms. The van der Waals surface area contributed by atoms with Gasteiger partial charge in [0.05, 0.1) is 7.11 Å². The SMILES string of the molecule is C=C(C)C(=O)OC.C=C(C)C(=O)OC1CC2CCC1(C)C2(C)C.C=C(CC=C(C)C(=O)O)C(=O)OC(C)(C)C. The van der Waals surface area contributed by atoms with Crippen LogP contribution in [-0.2, 0) is 33.4 Å². The van der Waals surface area contributed by atoms with Gasteiger partial charge in [0.15, 0.2) is 0 Å². The Morgan fingerprint density at radius 2 is 1.46 bits per heavy atom. The standard InChI is InChI=1S/C14H22O2.C12H18O4.C5H8O2/c1-9(2)12(15)16-11-8-10-6-7-14(11,5)13(10,3)4;1-8(10(13)14)6-7-9(2)11(15)16-12(3,4)5;1-4(2)5(6)7-3/h10-11H,1,6-8H2,2-5H3;6H,2,7H2,1,3-5H3,(H,13,14);1H2,2-3H3. The minimum Gasteiger partial charge on any atom is -0.478 e. The Morgan fingerprint density at radius 3 is 1.77 bits per heavy atom. The van der Waals surface area contributed by atoms with Gasteiger partial charge in [-0.1, -0.05) is 46.6 Å². The van der Waals surface area contributed by atoms with Gasteiger partial charge in [0.2, 0.25) is 0 Å². The van der Waals surface area contributed by atoms with E-state index in [-0.39, 0.29) is 41.0 Å². The topological polar surface area (TPSA) is 116 Å². The average Bonchev–Trinajstić information content (AvgIpc) is 3.14. The molecule has 0 saturated heterocycles. The number of methoxy groups -OCH3 is 1. The number of carbonyl (C=O) groups is 4. The van der Waals surface area contributed by atoms with Crippen molar-refractivity contribution in [3.63, 3.8) is 0 Å². The zero-order valence-corrected chi connectivity index (χ0v) is 25.5. The summed E-state index contributed by atoms with van der Waals surface area (Å²) < 4.78 is 15.0. The Balaban J connectivity index is 0.000000600. The molecule has 3 atom stereocenters. The summed E-state index contributed by atoms with van der Waals surface area (Å²) in [5, 5.41) is 8.61. The van der Waals surface area contributed by atoms with E-state index in [9.17, 15) is 19.2 Å². The number of fused-ring (bicyclic) bond motifs is 2. The van der Waals surface area contributed by atoms with Gasteiger partial charge in [0, 0.05) is 27.7 Å². The minimum absolute atomic E-state index is 0.0884. The lowest BCUT2D eigenvalue weighted by Gasteiger charge is -2.38. The van der Waals surface area contributed by atoms with Crippen molar-refractivity contribution < 1.29 is 38.5 Å². The third-order valence-corrected chi connectivity index (χ3v) is 7.53. The largest absolute Gasteiger partial charge is 0.478 e. The number of carboxylic acid groups (broad SMARTS) is 1. The molecule has 2 aliphatic rings. The third kappa shape index (κ3) is 10.5. The first-order valence-electron chi connectivity index (χ1n) is 13.0. The lowest BCUT2D eigenvalue weighted by molar-refractivity contribution is -0.152. The molecule has 2 aliphatic carbocycles. The summed E-state index contributed by atoms with van der Waals surface area (Å²) in [7, 11) is 1.33. The first kappa shape index (κ1) is 35.8. The van der Waals surface area contributed by atoms with Crippen LogP contribution in [0.15, 0.2) is 48.1 Å². The molecule has 0 amide bonds. The Labute approximate surface area is 234 Å². The van der Waals surface area contributed by atoms with Crippen molar-refractivity contribution in [3.8, 4) is 0 Å². The molecule has 2 fully saturated rings. The molecule has 2 rings (SSSR count). The van der Waals surface area contributed by atoms with Gasteiger partial charge in [-0.3, -0.25) is 0 Å². The van der Waals surface area contributed by atoms with Gasteiger partial charge in [-0.15, -0.1) is 0 Å². The van der Waals surface area contributed by atoms with Gasteiger partial charge in [0.1, 0.15) is 11.7 Å². The van der Waals surface area contributed by atoms with Gasteiger partial charge >= 0.3 is 23.9 Å². The van der Waals surface area contributed by atoms with Crippen LogP contribution < -0.4 is 0 Å². The van der Waals surface area contributed by atoms with Crippen molar-refractivity contribution in [2.24, 2.45) is 16.7 Å². The Kier molecular flexibility index (Phi) is 13.1. The fourth-order valence-electron chi connectivity index (χ4n) is 4.51. The summed E-state index contributed by atoms with van der Waals surface area (Å²) in [5.74, 6) is -1.37. The highest BCUT2D eigenvalue weighted by Crippen LogP contribution is 2.66. The van der Waals surface area contributed by atoms with E-state index in [4.69, 9.17) is 14.6 Å². The van der Waals surface area contributed by atoms with E-state index in [0.717, 1.165) is 6.42 Å².